The summed E-state index contributed by atoms with van der Waals surface area (Å²) in [6, 6.07) is 0. The normalized spacial score (nSPS) is 23.7. The predicted octanol–water partition coefficient (Wildman–Crippen LogP) is 0.177. The molecule has 0 saturated carbocycles. The highest BCUT2D eigenvalue weighted by atomic mass is 16.6. The molecule has 0 fully saturated rings. The molecule has 0 spiro atoms. The van der Waals surface area contributed by atoms with Crippen molar-refractivity contribution in [2.75, 3.05) is 13.2 Å². The Morgan fingerprint density at radius 1 is 0.917 bits per heavy atom. The molecule has 4 nitrogen and oxygen atoms in total. The van der Waals surface area contributed by atoms with Gasteiger partial charge in [-0.2, -0.15) is 0 Å². The van der Waals surface area contributed by atoms with E-state index in [9.17, 15) is 9.59 Å². The van der Waals surface area contributed by atoms with Crippen LogP contribution in [0.15, 0.2) is 11.1 Å². The van der Waals surface area contributed by atoms with Gasteiger partial charge in [0.2, 0.25) is 0 Å². The maximum atomic E-state index is 11.0. The summed E-state index contributed by atoms with van der Waals surface area (Å²) in [4.78, 5) is 22.0. The molecule has 0 aromatic heterocycles. The van der Waals surface area contributed by atoms with Crippen LogP contribution < -0.4 is 0 Å². The first-order valence-electron chi connectivity index (χ1n) is 3.85. The monoisotopic (exact) mass is 168 g/mol. The first kappa shape index (κ1) is 7.49. The van der Waals surface area contributed by atoms with Crippen molar-refractivity contribution in [2.45, 2.75) is 12.8 Å². The minimum atomic E-state index is -0.486. The van der Waals surface area contributed by atoms with Crippen molar-refractivity contribution in [1.82, 2.24) is 0 Å². The fourth-order valence-corrected chi connectivity index (χ4v) is 1.41. The molecule has 0 aromatic rings. The zero-order chi connectivity index (χ0) is 8.55. The average molecular weight is 168 g/mol. The Bertz CT molecular complexity index is 251. The van der Waals surface area contributed by atoms with E-state index in [-0.39, 0.29) is 0 Å². The maximum absolute atomic E-state index is 11.0. The highest BCUT2D eigenvalue weighted by molar-refractivity contribution is 6.12. The Morgan fingerprint density at radius 3 is 1.92 bits per heavy atom. The van der Waals surface area contributed by atoms with Crippen molar-refractivity contribution in [2.24, 2.45) is 0 Å². The van der Waals surface area contributed by atoms with E-state index in [4.69, 9.17) is 4.74 Å². The van der Waals surface area contributed by atoms with Crippen molar-refractivity contribution < 1.29 is 19.1 Å². The topological polar surface area (TPSA) is 52.6 Å². The molecule has 0 aliphatic carbocycles. The number of carbonyl (C=O) groups is 2. The molecule has 12 heavy (non-hydrogen) atoms. The molecule has 64 valence electrons. The summed E-state index contributed by atoms with van der Waals surface area (Å²) in [5.41, 5.74) is 1.02. The zero-order valence-electron chi connectivity index (χ0n) is 6.46. The Hall–Kier alpha value is -1.16. The van der Waals surface area contributed by atoms with Crippen molar-refractivity contribution in [3.05, 3.63) is 11.1 Å². The van der Waals surface area contributed by atoms with Gasteiger partial charge in [-0.1, -0.05) is 0 Å². The highest BCUT2D eigenvalue weighted by Crippen LogP contribution is 2.25. The summed E-state index contributed by atoms with van der Waals surface area (Å²) < 4.78 is 9.58. The van der Waals surface area contributed by atoms with E-state index < -0.39 is 11.9 Å². The first-order valence-corrected chi connectivity index (χ1v) is 3.85. The standard InChI is InChI=1S/C8H8O4/c9-7-5-1-3-11-4-2-6(5)8(10)12-7/h1-4H2. The maximum Gasteiger partial charge on any atom is 0.342 e. The van der Waals surface area contributed by atoms with Gasteiger partial charge >= 0.3 is 11.9 Å². The molecule has 0 radical (unpaired) electrons. The van der Waals surface area contributed by atoms with Crippen molar-refractivity contribution in [3.63, 3.8) is 0 Å². The lowest BCUT2D eigenvalue weighted by molar-refractivity contribution is -0.151. The quantitative estimate of drug-likeness (QED) is 0.382. The zero-order valence-corrected chi connectivity index (χ0v) is 6.46. The van der Waals surface area contributed by atoms with Crippen LogP contribution in [0.2, 0.25) is 0 Å². The molecule has 0 unspecified atom stereocenters. The number of rotatable bonds is 0. The van der Waals surface area contributed by atoms with Crippen LogP contribution in [0.5, 0.6) is 0 Å². The second-order valence-corrected chi connectivity index (χ2v) is 2.75. The van der Waals surface area contributed by atoms with Crippen molar-refractivity contribution in [3.8, 4) is 0 Å². The molecule has 2 rings (SSSR count). The summed E-state index contributed by atoms with van der Waals surface area (Å²) in [5, 5.41) is 0. The number of cyclic esters (lactones) is 2. The summed E-state index contributed by atoms with van der Waals surface area (Å²) in [6.07, 6.45) is 1.000. The van der Waals surface area contributed by atoms with Gasteiger partial charge in [-0.05, 0) is 0 Å². The Labute approximate surface area is 69.1 Å². The second-order valence-electron chi connectivity index (χ2n) is 2.75. The van der Waals surface area contributed by atoms with Gasteiger partial charge in [0.1, 0.15) is 0 Å². The average Bonchev–Trinajstić information content (AvgIpc) is 2.29. The summed E-state index contributed by atoms with van der Waals surface area (Å²) >= 11 is 0. The van der Waals surface area contributed by atoms with Gasteiger partial charge in [-0.3, -0.25) is 0 Å². The molecule has 0 amide bonds. The third-order valence-corrected chi connectivity index (χ3v) is 2.04. The molecule has 2 aliphatic rings. The van der Waals surface area contributed by atoms with E-state index in [1.807, 2.05) is 0 Å². The van der Waals surface area contributed by atoms with Gasteiger partial charge in [0, 0.05) is 12.8 Å². The van der Waals surface area contributed by atoms with E-state index in [1.54, 1.807) is 0 Å². The number of carbonyl (C=O) groups excluding carboxylic acids is 2. The third-order valence-electron chi connectivity index (χ3n) is 2.04. The molecule has 4 heteroatoms. The summed E-state index contributed by atoms with van der Waals surface area (Å²) in [6.45, 7) is 1.00. The van der Waals surface area contributed by atoms with Crippen LogP contribution in [0.4, 0.5) is 0 Å². The van der Waals surface area contributed by atoms with Crippen LogP contribution >= 0.6 is 0 Å². The number of esters is 2. The fraction of sp³-hybridized carbons (Fsp3) is 0.500. The second kappa shape index (κ2) is 2.71. The number of hydrogen-bond acceptors (Lipinski definition) is 4. The van der Waals surface area contributed by atoms with Crippen LogP contribution in [-0.4, -0.2) is 25.2 Å². The number of hydrogen-bond donors (Lipinski definition) is 0. The summed E-state index contributed by atoms with van der Waals surface area (Å²) in [5.74, 6) is -0.971. The SMILES string of the molecule is O=C1OC(=O)C2=C1CCOCC2. The van der Waals surface area contributed by atoms with Gasteiger partial charge in [-0.15, -0.1) is 0 Å². The highest BCUT2D eigenvalue weighted by Gasteiger charge is 2.33. The Morgan fingerprint density at radius 2 is 1.42 bits per heavy atom. The largest absolute Gasteiger partial charge is 0.386 e. The van der Waals surface area contributed by atoms with E-state index in [0.717, 1.165) is 0 Å². The van der Waals surface area contributed by atoms with Crippen LogP contribution in [0.1, 0.15) is 12.8 Å². The van der Waals surface area contributed by atoms with E-state index >= 15 is 0 Å². The van der Waals surface area contributed by atoms with Crippen molar-refractivity contribution >= 4 is 11.9 Å². The molecule has 2 heterocycles. The van der Waals surface area contributed by atoms with E-state index in [0.29, 0.717) is 37.2 Å². The lowest BCUT2D eigenvalue weighted by Crippen LogP contribution is -2.06. The van der Waals surface area contributed by atoms with Gasteiger partial charge in [0.25, 0.3) is 0 Å². The minimum absolute atomic E-state index is 0.486. The molecule has 0 bridgehead atoms. The van der Waals surface area contributed by atoms with Gasteiger partial charge in [0.15, 0.2) is 0 Å². The van der Waals surface area contributed by atoms with E-state index in [2.05, 4.69) is 4.74 Å². The first-order chi connectivity index (χ1) is 5.79. The van der Waals surface area contributed by atoms with Gasteiger partial charge < -0.3 is 9.47 Å². The Balaban J connectivity index is 2.33. The van der Waals surface area contributed by atoms with E-state index in [1.165, 1.54) is 0 Å². The molecule has 0 atom stereocenters. The molecule has 0 saturated heterocycles. The predicted molar refractivity (Wildman–Crippen MR) is 38.2 cm³/mol. The number of ether oxygens (including phenoxy) is 2. The molecule has 0 aromatic carbocycles. The van der Waals surface area contributed by atoms with Crippen LogP contribution in [-0.2, 0) is 19.1 Å². The molecular weight excluding hydrogens is 160 g/mol. The Kier molecular flexibility index (Phi) is 1.69. The van der Waals surface area contributed by atoms with Crippen molar-refractivity contribution in [1.29, 1.82) is 0 Å². The van der Waals surface area contributed by atoms with Gasteiger partial charge in [0.05, 0.1) is 24.4 Å². The smallest absolute Gasteiger partial charge is 0.342 e. The molecule has 0 N–H and O–H groups in total. The molecule has 2 aliphatic heterocycles. The van der Waals surface area contributed by atoms with Crippen LogP contribution in [0.3, 0.4) is 0 Å². The molecular formula is C8H8O4. The van der Waals surface area contributed by atoms with Crippen LogP contribution in [0.25, 0.3) is 0 Å². The van der Waals surface area contributed by atoms with Gasteiger partial charge in [-0.25, -0.2) is 9.59 Å². The lowest BCUT2D eigenvalue weighted by atomic mass is 10.1. The lowest BCUT2D eigenvalue weighted by Gasteiger charge is -1.98. The van der Waals surface area contributed by atoms with Crippen LogP contribution in [0, 0.1) is 0 Å². The minimum Gasteiger partial charge on any atom is -0.386 e. The summed E-state index contributed by atoms with van der Waals surface area (Å²) in [7, 11) is 0. The third kappa shape index (κ3) is 1.04. The fourth-order valence-electron chi connectivity index (χ4n) is 1.41.